The molecular weight excluding hydrogens is 219 g/mol. The van der Waals surface area contributed by atoms with Crippen LogP contribution in [0.2, 0.25) is 0 Å². The van der Waals surface area contributed by atoms with Crippen LogP contribution in [0.25, 0.3) is 0 Å². The number of hydrogen-bond acceptors (Lipinski definition) is 2. The van der Waals surface area contributed by atoms with Crippen LogP contribution in [-0.4, -0.2) is 31.3 Å². The fourth-order valence-corrected chi connectivity index (χ4v) is 2.62. The average molecular weight is 231 g/mol. The van der Waals surface area contributed by atoms with E-state index >= 15 is 0 Å². The first-order valence-corrected chi connectivity index (χ1v) is 5.75. The Bertz CT molecular complexity index is 299. The van der Waals surface area contributed by atoms with Crippen molar-refractivity contribution in [2.75, 3.05) is 13.1 Å². The van der Waals surface area contributed by atoms with Gasteiger partial charge in [0.2, 0.25) is 0 Å². The molecular formula is C7H12F3NO2S. The summed E-state index contributed by atoms with van der Waals surface area (Å²) in [7, 11) is -5.10. The zero-order valence-corrected chi connectivity index (χ0v) is 8.53. The molecule has 0 radical (unpaired) electrons. The van der Waals surface area contributed by atoms with Crippen molar-refractivity contribution < 1.29 is 21.6 Å². The molecule has 1 heterocycles. The Kier molecular flexibility index (Phi) is 3.10. The molecule has 1 fully saturated rings. The maximum atomic E-state index is 12.1. The zero-order chi connectivity index (χ0) is 11.0. The van der Waals surface area contributed by atoms with Crippen molar-refractivity contribution in [2.24, 2.45) is 5.92 Å². The van der Waals surface area contributed by atoms with E-state index in [9.17, 15) is 21.6 Å². The standard InChI is InChI=1S/C7H12F3NO2S/c1-6-3-2-4-11(5-6)14(12,13)7(8,9)10/h6H,2-5H2,1H3. The maximum absolute atomic E-state index is 12.1. The van der Waals surface area contributed by atoms with Gasteiger partial charge in [0.1, 0.15) is 0 Å². The van der Waals surface area contributed by atoms with Gasteiger partial charge in [-0.1, -0.05) is 6.92 Å². The Balaban J connectivity index is 2.83. The molecule has 1 aliphatic rings. The number of rotatable bonds is 1. The molecule has 1 rings (SSSR count). The molecule has 0 aromatic rings. The van der Waals surface area contributed by atoms with E-state index < -0.39 is 15.5 Å². The molecule has 0 bridgehead atoms. The van der Waals surface area contributed by atoms with Crippen molar-refractivity contribution in [3.8, 4) is 0 Å². The van der Waals surface area contributed by atoms with Gasteiger partial charge >= 0.3 is 15.5 Å². The topological polar surface area (TPSA) is 37.4 Å². The fraction of sp³-hybridized carbons (Fsp3) is 1.00. The minimum absolute atomic E-state index is 0.000810. The van der Waals surface area contributed by atoms with Gasteiger partial charge in [-0.15, -0.1) is 0 Å². The van der Waals surface area contributed by atoms with Crippen LogP contribution in [0.15, 0.2) is 0 Å². The first-order chi connectivity index (χ1) is 6.25. The molecule has 0 saturated carbocycles. The molecule has 1 unspecified atom stereocenters. The molecule has 0 N–H and O–H groups in total. The number of nitrogens with zero attached hydrogens (tertiary/aromatic N) is 1. The first kappa shape index (κ1) is 11.8. The molecule has 1 saturated heterocycles. The van der Waals surface area contributed by atoms with Crippen LogP contribution < -0.4 is 0 Å². The summed E-state index contributed by atoms with van der Waals surface area (Å²) < 4.78 is 58.8. The number of sulfonamides is 1. The lowest BCUT2D eigenvalue weighted by Gasteiger charge is -2.30. The van der Waals surface area contributed by atoms with E-state index in [0.29, 0.717) is 10.7 Å². The van der Waals surface area contributed by atoms with Crippen LogP contribution in [-0.2, 0) is 10.0 Å². The molecule has 3 nitrogen and oxygen atoms in total. The second-order valence-electron chi connectivity index (χ2n) is 3.56. The summed E-state index contributed by atoms with van der Waals surface area (Å²) in [6.45, 7) is 1.70. The Morgan fingerprint density at radius 2 is 1.93 bits per heavy atom. The number of halogens is 3. The van der Waals surface area contributed by atoms with E-state index in [1.807, 2.05) is 0 Å². The Labute approximate surface area is 80.9 Å². The third-order valence-corrected chi connectivity index (χ3v) is 3.85. The number of alkyl halides is 3. The van der Waals surface area contributed by atoms with Crippen LogP contribution in [0.5, 0.6) is 0 Å². The lowest BCUT2D eigenvalue weighted by atomic mass is 10.0. The monoisotopic (exact) mass is 231 g/mol. The molecule has 0 amide bonds. The maximum Gasteiger partial charge on any atom is 0.511 e. The van der Waals surface area contributed by atoms with Crippen molar-refractivity contribution in [3.05, 3.63) is 0 Å². The van der Waals surface area contributed by atoms with Gasteiger partial charge in [0.05, 0.1) is 0 Å². The number of piperidine rings is 1. The molecule has 1 atom stereocenters. The SMILES string of the molecule is CC1CCCN(S(=O)(=O)C(F)(F)F)C1. The van der Waals surface area contributed by atoms with Gasteiger partial charge in [0.25, 0.3) is 0 Å². The van der Waals surface area contributed by atoms with E-state index in [1.54, 1.807) is 6.92 Å². The smallest absolute Gasteiger partial charge is 0.203 e. The second-order valence-corrected chi connectivity index (χ2v) is 5.49. The highest BCUT2D eigenvalue weighted by atomic mass is 32.2. The van der Waals surface area contributed by atoms with Crippen LogP contribution in [0.1, 0.15) is 19.8 Å². The normalized spacial score (nSPS) is 26.4. The van der Waals surface area contributed by atoms with Gasteiger partial charge < -0.3 is 0 Å². The second kappa shape index (κ2) is 3.69. The highest BCUT2D eigenvalue weighted by Crippen LogP contribution is 2.29. The van der Waals surface area contributed by atoms with Crippen molar-refractivity contribution in [1.82, 2.24) is 4.31 Å². The molecule has 0 aromatic carbocycles. The highest BCUT2D eigenvalue weighted by molar-refractivity contribution is 7.90. The molecule has 84 valence electrons. The molecule has 1 aliphatic heterocycles. The van der Waals surface area contributed by atoms with Gasteiger partial charge in [0, 0.05) is 13.1 Å². The molecule has 0 spiro atoms. The summed E-state index contributed by atoms with van der Waals surface area (Å²) in [6.07, 6.45) is 1.28. The van der Waals surface area contributed by atoms with Crippen LogP contribution in [0.3, 0.4) is 0 Å². The number of hydrogen-bond donors (Lipinski definition) is 0. The summed E-state index contributed by atoms with van der Waals surface area (Å²) in [5, 5.41) is 0. The van der Waals surface area contributed by atoms with Crippen molar-refractivity contribution >= 4 is 10.0 Å². The zero-order valence-electron chi connectivity index (χ0n) is 7.71. The molecule has 14 heavy (non-hydrogen) atoms. The third-order valence-electron chi connectivity index (χ3n) is 2.25. The Hall–Kier alpha value is -0.300. The van der Waals surface area contributed by atoms with E-state index in [4.69, 9.17) is 0 Å². The van der Waals surface area contributed by atoms with Gasteiger partial charge in [-0.2, -0.15) is 17.5 Å². The third kappa shape index (κ3) is 2.20. The summed E-state index contributed by atoms with van der Waals surface area (Å²) in [5.41, 5.74) is -5.16. The average Bonchev–Trinajstić information content (AvgIpc) is 2.02. The fourth-order valence-electron chi connectivity index (χ4n) is 1.51. The lowest BCUT2D eigenvalue weighted by molar-refractivity contribution is -0.0497. The van der Waals surface area contributed by atoms with Crippen LogP contribution in [0, 0.1) is 5.92 Å². The van der Waals surface area contributed by atoms with E-state index in [-0.39, 0.29) is 19.0 Å². The minimum atomic E-state index is -5.16. The molecule has 7 heteroatoms. The van der Waals surface area contributed by atoms with Gasteiger partial charge in [-0.25, -0.2) is 8.42 Å². The van der Waals surface area contributed by atoms with Crippen molar-refractivity contribution in [2.45, 2.75) is 25.3 Å². The van der Waals surface area contributed by atoms with E-state index in [2.05, 4.69) is 0 Å². The summed E-state index contributed by atoms with van der Waals surface area (Å²) in [4.78, 5) is 0. The van der Waals surface area contributed by atoms with Gasteiger partial charge in [-0.3, -0.25) is 0 Å². The van der Waals surface area contributed by atoms with Crippen molar-refractivity contribution in [3.63, 3.8) is 0 Å². The van der Waals surface area contributed by atoms with Gasteiger partial charge in [0.15, 0.2) is 0 Å². The Morgan fingerprint density at radius 3 is 2.36 bits per heavy atom. The largest absolute Gasteiger partial charge is 0.511 e. The molecule has 0 aliphatic carbocycles. The summed E-state index contributed by atoms with van der Waals surface area (Å²) in [6, 6.07) is 0. The first-order valence-electron chi connectivity index (χ1n) is 4.31. The Morgan fingerprint density at radius 1 is 1.36 bits per heavy atom. The predicted octanol–water partition coefficient (Wildman–Crippen LogP) is 1.57. The quantitative estimate of drug-likeness (QED) is 0.687. The van der Waals surface area contributed by atoms with E-state index in [1.165, 1.54) is 0 Å². The van der Waals surface area contributed by atoms with Gasteiger partial charge in [-0.05, 0) is 18.8 Å². The highest BCUT2D eigenvalue weighted by Gasteiger charge is 2.50. The predicted molar refractivity (Wildman–Crippen MR) is 44.9 cm³/mol. The van der Waals surface area contributed by atoms with Crippen LogP contribution >= 0.6 is 0 Å². The van der Waals surface area contributed by atoms with E-state index in [0.717, 1.165) is 6.42 Å². The molecule has 0 aromatic heterocycles. The van der Waals surface area contributed by atoms with Crippen molar-refractivity contribution in [1.29, 1.82) is 0 Å². The minimum Gasteiger partial charge on any atom is -0.203 e. The lowest BCUT2D eigenvalue weighted by Crippen LogP contribution is -2.45. The van der Waals surface area contributed by atoms with Crippen LogP contribution in [0.4, 0.5) is 13.2 Å². The summed E-state index contributed by atoms with van der Waals surface area (Å²) >= 11 is 0. The summed E-state index contributed by atoms with van der Waals surface area (Å²) in [5.74, 6) is 0.000810.